The average molecular weight is 291 g/mol. The van der Waals surface area contributed by atoms with Crippen LogP contribution in [0.25, 0.3) is 0 Å². The Morgan fingerprint density at radius 1 is 1.57 bits per heavy atom. The normalized spacial score (nSPS) is 19.2. The van der Waals surface area contributed by atoms with Crippen LogP contribution in [0, 0.1) is 17.0 Å². The van der Waals surface area contributed by atoms with Crippen molar-refractivity contribution in [3.63, 3.8) is 0 Å². The van der Waals surface area contributed by atoms with Crippen LogP contribution in [0.1, 0.15) is 43.4 Å². The number of hydrogen-bond donors (Lipinski definition) is 2. The van der Waals surface area contributed by atoms with Crippen LogP contribution in [0.3, 0.4) is 0 Å². The third-order valence-electron chi connectivity index (χ3n) is 3.90. The van der Waals surface area contributed by atoms with Crippen LogP contribution in [0.5, 0.6) is 0 Å². The third-order valence-corrected chi connectivity index (χ3v) is 3.90. The highest BCUT2D eigenvalue weighted by Gasteiger charge is 2.20. The standard InChI is InChI=1S/C15H21N3O3/c1-10-5-6-12(8-14(10)18(20)21)11(2)17-15(19)9-13-4-3-7-16-13/h5-6,8,11,13,16H,3-4,7,9H2,1-2H3,(H,17,19). The van der Waals surface area contributed by atoms with Crippen molar-refractivity contribution in [2.24, 2.45) is 0 Å². The summed E-state index contributed by atoms with van der Waals surface area (Å²) in [6, 6.07) is 5.09. The molecule has 1 fully saturated rings. The fourth-order valence-electron chi connectivity index (χ4n) is 2.63. The Kier molecular flexibility index (Phi) is 4.90. The maximum Gasteiger partial charge on any atom is 0.272 e. The van der Waals surface area contributed by atoms with Crippen LogP contribution < -0.4 is 10.6 Å². The number of aryl methyl sites for hydroxylation is 1. The molecule has 1 amide bonds. The highest BCUT2D eigenvalue weighted by Crippen LogP contribution is 2.23. The van der Waals surface area contributed by atoms with Crippen LogP contribution in [-0.2, 0) is 4.79 Å². The lowest BCUT2D eigenvalue weighted by molar-refractivity contribution is -0.385. The first kappa shape index (κ1) is 15.4. The number of carbonyl (C=O) groups excluding carboxylic acids is 1. The zero-order valence-corrected chi connectivity index (χ0v) is 12.4. The minimum absolute atomic E-state index is 0.0230. The van der Waals surface area contributed by atoms with Crippen LogP contribution in [0.15, 0.2) is 18.2 Å². The van der Waals surface area contributed by atoms with Gasteiger partial charge >= 0.3 is 0 Å². The highest BCUT2D eigenvalue weighted by atomic mass is 16.6. The first-order valence-electron chi connectivity index (χ1n) is 7.25. The molecule has 0 aliphatic carbocycles. The number of amides is 1. The maximum atomic E-state index is 12.0. The van der Waals surface area contributed by atoms with Crippen molar-refractivity contribution in [2.75, 3.05) is 6.54 Å². The summed E-state index contributed by atoms with van der Waals surface area (Å²) in [7, 11) is 0. The largest absolute Gasteiger partial charge is 0.350 e. The Morgan fingerprint density at radius 3 is 2.95 bits per heavy atom. The molecule has 6 nitrogen and oxygen atoms in total. The van der Waals surface area contributed by atoms with Crippen molar-refractivity contribution >= 4 is 11.6 Å². The van der Waals surface area contributed by atoms with Crippen molar-refractivity contribution in [3.05, 3.63) is 39.4 Å². The minimum atomic E-state index is -0.393. The summed E-state index contributed by atoms with van der Waals surface area (Å²) >= 11 is 0. The number of carbonyl (C=O) groups is 1. The molecule has 2 N–H and O–H groups in total. The Bertz CT molecular complexity index is 539. The number of nitro groups is 1. The van der Waals surface area contributed by atoms with Gasteiger partial charge in [-0.3, -0.25) is 14.9 Å². The molecule has 0 spiro atoms. The summed E-state index contributed by atoms with van der Waals surface area (Å²) in [6.45, 7) is 4.52. The van der Waals surface area contributed by atoms with Gasteiger partial charge in [-0.05, 0) is 38.8 Å². The predicted molar refractivity (Wildman–Crippen MR) is 80.0 cm³/mol. The molecule has 1 aliphatic rings. The van der Waals surface area contributed by atoms with E-state index >= 15 is 0 Å². The van der Waals surface area contributed by atoms with Crippen molar-refractivity contribution in [1.29, 1.82) is 0 Å². The summed E-state index contributed by atoms with van der Waals surface area (Å²) in [4.78, 5) is 22.5. The van der Waals surface area contributed by atoms with E-state index in [4.69, 9.17) is 0 Å². The van der Waals surface area contributed by atoms with E-state index in [0.717, 1.165) is 24.9 Å². The van der Waals surface area contributed by atoms with Gasteiger partial charge in [0.1, 0.15) is 0 Å². The molecule has 1 aliphatic heterocycles. The molecule has 0 radical (unpaired) electrons. The number of hydrogen-bond acceptors (Lipinski definition) is 4. The third kappa shape index (κ3) is 4.01. The van der Waals surface area contributed by atoms with Gasteiger partial charge in [-0.15, -0.1) is 0 Å². The predicted octanol–water partition coefficient (Wildman–Crippen LogP) is 2.22. The fourth-order valence-corrected chi connectivity index (χ4v) is 2.63. The second-order valence-corrected chi connectivity index (χ2v) is 5.59. The van der Waals surface area contributed by atoms with Crippen LogP contribution >= 0.6 is 0 Å². The van der Waals surface area contributed by atoms with Gasteiger partial charge in [-0.1, -0.05) is 12.1 Å². The van der Waals surface area contributed by atoms with Gasteiger partial charge in [0, 0.05) is 24.1 Å². The van der Waals surface area contributed by atoms with Gasteiger partial charge in [0.05, 0.1) is 11.0 Å². The van der Waals surface area contributed by atoms with Gasteiger partial charge in [0.15, 0.2) is 0 Å². The van der Waals surface area contributed by atoms with Crippen molar-refractivity contribution < 1.29 is 9.72 Å². The summed E-state index contributed by atoms with van der Waals surface area (Å²) in [6.07, 6.45) is 2.59. The molecule has 1 aromatic carbocycles. The molecule has 0 aromatic heterocycles. The molecule has 2 unspecified atom stereocenters. The molecule has 6 heteroatoms. The SMILES string of the molecule is Cc1ccc(C(C)NC(=O)CC2CCCN2)cc1[N+](=O)[O-]. The Labute approximate surface area is 124 Å². The van der Waals surface area contributed by atoms with E-state index < -0.39 is 4.92 Å². The molecule has 2 rings (SSSR count). The van der Waals surface area contributed by atoms with E-state index in [1.165, 1.54) is 6.07 Å². The van der Waals surface area contributed by atoms with E-state index in [0.29, 0.717) is 12.0 Å². The lowest BCUT2D eigenvalue weighted by Gasteiger charge is -2.16. The molecular weight excluding hydrogens is 270 g/mol. The molecule has 0 saturated carbocycles. The van der Waals surface area contributed by atoms with Gasteiger partial charge in [0.25, 0.3) is 5.69 Å². The van der Waals surface area contributed by atoms with E-state index in [2.05, 4.69) is 10.6 Å². The zero-order chi connectivity index (χ0) is 15.4. The molecule has 1 aromatic rings. The molecular formula is C15H21N3O3. The quantitative estimate of drug-likeness (QED) is 0.643. The molecule has 114 valence electrons. The molecule has 1 heterocycles. The first-order chi connectivity index (χ1) is 9.97. The Hall–Kier alpha value is -1.95. The monoisotopic (exact) mass is 291 g/mol. The molecule has 2 atom stereocenters. The molecule has 1 saturated heterocycles. The van der Waals surface area contributed by atoms with Crippen LogP contribution in [-0.4, -0.2) is 23.4 Å². The van der Waals surface area contributed by atoms with E-state index in [1.54, 1.807) is 13.0 Å². The maximum absolute atomic E-state index is 12.0. The second-order valence-electron chi connectivity index (χ2n) is 5.59. The van der Waals surface area contributed by atoms with Gasteiger partial charge in [-0.25, -0.2) is 0 Å². The summed E-state index contributed by atoms with van der Waals surface area (Å²) < 4.78 is 0. The lowest BCUT2D eigenvalue weighted by atomic mass is 10.0. The minimum Gasteiger partial charge on any atom is -0.350 e. The number of nitrogens with zero attached hydrogens (tertiary/aromatic N) is 1. The lowest BCUT2D eigenvalue weighted by Crippen LogP contribution is -2.33. The molecule has 21 heavy (non-hydrogen) atoms. The topological polar surface area (TPSA) is 84.3 Å². The van der Waals surface area contributed by atoms with Gasteiger partial charge in [0.2, 0.25) is 5.91 Å². The molecule has 0 bridgehead atoms. The zero-order valence-electron chi connectivity index (χ0n) is 12.4. The van der Waals surface area contributed by atoms with E-state index in [1.807, 2.05) is 13.0 Å². The van der Waals surface area contributed by atoms with Crippen LogP contribution in [0.2, 0.25) is 0 Å². The number of nitro benzene ring substituents is 1. The average Bonchev–Trinajstić information content (AvgIpc) is 2.91. The number of benzene rings is 1. The van der Waals surface area contributed by atoms with Gasteiger partial charge < -0.3 is 10.6 Å². The smallest absolute Gasteiger partial charge is 0.272 e. The summed E-state index contributed by atoms with van der Waals surface area (Å²) in [5.74, 6) is -0.0230. The number of rotatable bonds is 5. The second kappa shape index (κ2) is 6.67. The summed E-state index contributed by atoms with van der Waals surface area (Å²) in [5.41, 5.74) is 1.46. The Balaban J connectivity index is 1.99. The summed E-state index contributed by atoms with van der Waals surface area (Å²) in [5, 5.41) is 17.1. The highest BCUT2D eigenvalue weighted by molar-refractivity contribution is 5.77. The van der Waals surface area contributed by atoms with Gasteiger partial charge in [-0.2, -0.15) is 0 Å². The first-order valence-corrected chi connectivity index (χ1v) is 7.25. The Morgan fingerprint density at radius 2 is 2.33 bits per heavy atom. The van der Waals surface area contributed by atoms with Crippen molar-refractivity contribution in [3.8, 4) is 0 Å². The fraction of sp³-hybridized carbons (Fsp3) is 0.533. The van der Waals surface area contributed by atoms with Crippen molar-refractivity contribution in [2.45, 2.75) is 45.2 Å². The van der Waals surface area contributed by atoms with E-state index in [9.17, 15) is 14.9 Å². The van der Waals surface area contributed by atoms with E-state index in [-0.39, 0.29) is 23.7 Å². The van der Waals surface area contributed by atoms with Crippen molar-refractivity contribution in [1.82, 2.24) is 10.6 Å². The van der Waals surface area contributed by atoms with Crippen LogP contribution in [0.4, 0.5) is 5.69 Å². The number of nitrogens with one attached hydrogen (secondary N) is 2.